The molecule has 88 valence electrons. The predicted molar refractivity (Wildman–Crippen MR) is 63.7 cm³/mol. The molecule has 0 atom stereocenters. The van der Waals surface area contributed by atoms with Gasteiger partial charge >= 0.3 is 0 Å². The van der Waals surface area contributed by atoms with Gasteiger partial charge in [0.2, 0.25) is 0 Å². The summed E-state index contributed by atoms with van der Waals surface area (Å²) in [5.41, 5.74) is 1.13. The van der Waals surface area contributed by atoms with Gasteiger partial charge in [-0.1, -0.05) is 26.5 Å². The summed E-state index contributed by atoms with van der Waals surface area (Å²) in [6.07, 6.45) is 1.45. The topological polar surface area (TPSA) is 18.5 Å². The third-order valence-corrected chi connectivity index (χ3v) is 2.47. The maximum atomic E-state index is 14.0. The Hall–Kier alpha value is -1.51. The third kappa shape index (κ3) is 2.03. The molecule has 0 saturated carbocycles. The van der Waals surface area contributed by atoms with E-state index >= 15 is 0 Å². The second-order valence-corrected chi connectivity index (χ2v) is 3.79. The lowest BCUT2D eigenvalue weighted by Crippen LogP contribution is -2.02. The monoisotopic (exact) mass is 224 g/mol. The Kier molecular flexibility index (Phi) is 3.93. The normalized spacial score (nSPS) is 10.4. The second kappa shape index (κ2) is 5.01. The molecule has 0 spiro atoms. The molecule has 16 heavy (non-hydrogen) atoms. The fourth-order valence-corrected chi connectivity index (χ4v) is 1.71. The molecule has 1 aromatic carbocycles. The number of benzene rings is 1. The van der Waals surface area contributed by atoms with Crippen molar-refractivity contribution >= 4 is 6.08 Å². The summed E-state index contributed by atoms with van der Waals surface area (Å²) in [6, 6.07) is 1.64. The van der Waals surface area contributed by atoms with E-state index in [1.165, 1.54) is 13.2 Å². The summed E-state index contributed by atoms with van der Waals surface area (Å²) in [5.74, 6) is 0.604. The molecule has 3 heteroatoms. The smallest absolute Gasteiger partial charge is 0.172 e. The van der Waals surface area contributed by atoms with Crippen molar-refractivity contribution in [1.82, 2.24) is 0 Å². The zero-order chi connectivity index (χ0) is 12.3. The Labute approximate surface area is 95.7 Å². The van der Waals surface area contributed by atoms with Crippen LogP contribution in [-0.4, -0.2) is 14.2 Å². The van der Waals surface area contributed by atoms with Gasteiger partial charge in [-0.3, -0.25) is 0 Å². The molecule has 0 fully saturated rings. The maximum Gasteiger partial charge on any atom is 0.172 e. The fourth-order valence-electron chi connectivity index (χ4n) is 1.71. The first kappa shape index (κ1) is 12.6. The Morgan fingerprint density at radius 2 is 1.94 bits per heavy atom. The maximum absolute atomic E-state index is 14.0. The molecule has 0 heterocycles. The summed E-state index contributed by atoms with van der Waals surface area (Å²) in [6.45, 7) is 7.50. The van der Waals surface area contributed by atoms with Crippen molar-refractivity contribution in [3.8, 4) is 11.5 Å². The highest BCUT2D eigenvalue weighted by molar-refractivity contribution is 5.59. The molecule has 0 aliphatic carbocycles. The van der Waals surface area contributed by atoms with Crippen LogP contribution in [0, 0.1) is 5.82 Å². The molecule has 0 aliphatic heterocycles. The summed E-state index contributed by atoms with van der Waals surface area (Å²) in [7, 11) is 3.02. The fraction of sp³-hybridized carbons (Fsp3) is 0.385. The minimum atomic E-state index is -0.387. The van der Waals surface area contributed by atoms with Gasteiger partial charge in [0.1, 0.15) is 5.75 Å². The lowest BCUT2D eigenvalue weighted by atomic mass is 9.98. The first-order chi connectivity index (χ1) is 7.56. The van der Waals surface area contributed by atoms with Gasteiger partial charge < -0.3 is 9.47 Å². The van der Waals surface area contributed by atoms with Gasteiger partial charge in [-0.05, 0) is 12.0 Å². The summed E-state index contributed by atoms with van der Waals surface area (Å²) < 4.78 is 24.3. The van der Waals surface area contributed by atoms with E-state index in [4.69, 9.17) is 9.47 Å². The van der Waals surface area contributed by atoms with Crippen LogP contribution in [0.4, 0.5) is 4.39 Å². The number of methoxy groups -OCH3 is 2. The molecular formula is C13H17FO2. The number of halogens is 1. The van der Waals surface area contributed by atoms with E-state index in [2.05, 4.69) is 6.58 Å². The Morgan fingerprint density at radius 3 is 2.31 bits per heavy atom. The van der Waals surface area contributed by atoms with Crippen LogP contribution in [0.15, 0.2) is 12.6 Å². The largest absolute Gasteiger partial charge is 0.496 e. The first-order valence-corrected chi connectivity index (χ1v) is 5.13. The zero-order valence-corrected chi connectivity index (χ0v) is 10.1. The standard InChI is InChI=1S/C13H17FO2/c1-6-9-7-10(15-4)11(8(2)3)13(16-5)12(9)14/h6-8H,1H2,2-5H3. The van der Waals surface area contributed by atoms with Gasteiger partial charge in [-0.25, -0.2) is 4.39 Å². The van der Waals surface area contributed by atoms with Gasteiger partial charge in [-0.15, -0.1) is 0 Å². The average molecular weight is 224 g/mol. The van der Waals surface area contributed by atoms with Gasteiger partial charge in [0.25, 0.3) is 0 Å². The molecule has 1 rings (SSSR count). The van der Waals surface area contributed by atoms with Crippen molar-refractivity contribution in [3.63, 3.8) is 0 Å². The molecule has 0 radical (unpaired) electrons. The minimum absolute atomic E-state index is 0.123. The van der Waals surface area contributed by atoms with Crippen molar-refractivity contribution in [1.29, 1.82) is 0 Å². The number of rotatable bonds is 4. The molecule has 0 bridgehead atoms. The minimum Gasteiger partial charge on any atom is -0.496 e. The van der Waals surface area contributed by atoms with Gasteiger partial charge in [-0.2, -0.15) is 0 Å². The van der Waals surface area contributed by atoms with Crippen molar-refractivity contribution < 1.29 is 13.9 Å². The van der Waals surface area contributed by atoms with E-state index in [-0.39, 0.29) is 17.5 Å². The van der Waals surface area contributed by atoms with E-state index in [1.807, 2.05) is 13.8 Å². The van der Waals surface area contributed by atoms with E-state index in [0.29, 0.717) is 11.3 Å². The molecule has 1 aromatic rings. The molecular weight excluding hydrogens is 207 g/mol. The zero-order valence-electron chi connectivity index (χ0n) is 10.1. The van der Waals surface area contributed by atoms with Crippen molar-refractivity contribution in [2.45, 2.75) is 19.8 Å². The van der Waals surface area contributed by atoms with Crippen LogP contribution < -0.4 is 9.47 Å². The number of hydrogen-bond donors (Lipinski definition) is 0. The molecule has 0 aromatic heterocycles. The highest BCUT2D eigenvalue weighted by Gasteiger charge is 2.20. The van der Waals surface area contributed by atoms with Gasteiger partial charge in [0.05, 0.1) is 14.2 Å². The Bertz CT molecular complexity index is 397. The van der Waals surface area contributed by atoms with Gasteiger partial charge in [0.15, 0.2) is 11.6 Å². The van der Waals surface area contributed by atoms with E-state index in [0.717, 1.165) is 5.56 Å². The quantitative estimate of drug-likeness (QED) is 0.777. The van der Waals surface area contributed by atoms with Crippen molar-refractivity contribution in [3.05, 3.63) is 29.6 Å². The number of ether oxygens (including phenoxy) is 2. The van der Waals surface area contributed by atoms with E-state index in [9.17, 15) is 4.39 Å². The van der Waals surface area contributed by atoms with Gasteiger partial charge in [0, 0.05) is 11.1 Å². The SMILES string of the molecule is C=Cc1cc(OC)c(C(C)C)c(OC)c1F. The van der Waals surface area contributed by atoms with Crippen LogP contribution in [0.3, 0.4) is 0 Å². The molecule has 0 unspecified atom stereocenters. The van der Waals surface area contributed by atoms with Crippen LogP contribution in [0.2, 0.25) is 0 Å². The Morgan fingerprint density at radius 1 is 1.31 bits per heavy atom. The lowest BCUT2D eigenvalue weighted by Gasteiger charge is -2.18. The number of hydrogen-bond acceptors (Lipinski definition) is 2. The second-order valence-electron chi connectivity index (χ2n) is 3.79. The molecule has 0 N–H and O–H groups in total. The summed E-state index contributed by atoms with van der Waals surface area (Å²) >= 11 is 0. The summed E-state index contributed by atoms with van der Waals surface area (Å²) in [5, 5.41) is 0. The summed E-state index contributed by atoms with van der Waals surface area (Å²) in [4.78, 5) is 0. The van der Waals surface area contributed by atoms with Crippen molar-refractivity contribution in [2.75, 3.05) is 14.2 Å². The lowest BCUT2D eigenvalue weighted by molar-refractivity contribution is 0.362. The highest BCUT2D eigenvalue weighted by Crippen LogP contribution is 2.39. The van der Waals surface area contributed by atoms with Crippen LogP contribution in [0.1, 0.15) is 30.9 Å². The average Bonchev–Trinajstić information content (AvgIpc) is 2.27. The van der Waals surface area contributed by atoms with Crippen LogP contribution in [0.25, 0.3) is 6.08 Å². The molecule has 0 saturated heterocycles. The highest BCUT2D eigenvalue weighted by atomic mass is 19.1. The first-order valence-electron chi connectivity index (χ1n) is 5.13. The molecule has 0 aliphatic rings. The molecule has 0 amide bonds. The van der Waals surface area contributed by atoms with Crippen molar-refractivity contribution in [2.24, 2.45) is 0 Å². The van der Waals surface area contributed by atoms with E-state index < -0.39 is 0 Å². The van der Waals surface area contributed by atoms with Crippen LogP contribution in [-0.2, 0) is 0 Å². The predicted octanol–water partition coefficient (Wildman–Crippen LogP) is 3.61. The van der Waals surface area contributed by atoms with Crippen LogP contribution >= 0.6 is 0 Å². The Balaban J connectivity index is 3.56. The van der Waals surface area contributed by atoms with E-state index in [1.54, 1.807) is 13.2 Å². The third-order valence-electron chi connectivity index (χ3n) is 2.47. The van der Waals surface area contributed by atoms with Crippen LogP contribution in [0.5, 0.6) is 11.5 Å². The molecule has 2 nitrogen and oxygen atoms in total.